The molecule has 0 bridgehead atoms. The Morgan fingerprint density at radius 2 is 1.58 bits per heavy atom. The van der Waals surface area contributed by atoms with Crippen molar-refractivity contribution in [2.24, 2.45) is 10.7 Å². The van der Waals surface area contributed by atoms with E-state index in [1.807, 2.05) is 78.9 Å². The summed E-state index contributed by atoms with van der Waals surface area (Å²) in [7, 11) is 3.66. The predicted molar refractivity (Wildman–Crippen MR) is 180 cm³/mol. The second-order valence-corrected chi connectivity index (χ2v) is 12.1. The summed E-state index contributed by atoms with van der Waals surface area (Å²) in [5.41, 5.74) is 7.14. The standard InChI is InChI=1S/C34H38N5O8P/c1-22-20-39(33(40)37-31(22)36-32(35)38(2)3)30-19-28(47-48(41)42)29(46-30)21-45-34(23-9-7-6-8-10-23,24-11-15-26(43-4)16-12-24)25-13-17-27(44-5)18-14-25/h6-18,20,28-30H,19,21H2,1-5H3,(H2-,35,36,37,40,41,42)/p+1/t28-,29+,30+/m0/s1. The van der Waals surface area contributed by atoms with Crippen molar-refractivity contribution < 1.29 is 32.9 Å². The third kappa shape index (κ3) is 7.40. The number of aliphatic imine (C=N–C) groups is 1. The first kappa shape index (κ1) is 34.7. The van der Waals surface area contributed by atoms with Crippen molar-refractivity contribution in [3.05, 3.63) is 118 Å². The molecular weight excluding hydrogens is 637 g/mol. The molecule has 1 unspecified atom stereocenters. The minimum atomic E-state index is -3.00. The van der Waals surface area contributed by atoms with Gasteiger partial charge >= 0.3 is 13.9 Å². The van der Waals surface area contributed by atoms with Crippen molar-refractivity contribution in [2.45, 2.75) is 37.4 Å². The Morgan fingerprint density at radius 3 is 2.10 bits per heavy atom. The van der Waals surface area contributed by atoms with Gasteiger partial charge in [-0.1, -0.05) is 54.6 Å². The van der Waals surface area contributed by atoms with E-state index < -0.39 is 38.0 Å². The van der Waals surface area contributed by atoms with Crippen molar-refractivity contribution in [1.82, 2.24) is 14.5 Å². The lowest BCUT2D eigenvalue weighted by Gasteiger charge is -2.37. The number of aryl methyl sites for hydroxylation is 1. The van der Waals surface area contributed by atoms with Crippen molar-refractivity contribution >= 4 is 20.0 Å². The molecule has 4 aromatic rings. The summed E-state index contributed by atoms with van der Waals surface area (Å²) in [5, 5.41) is 0. The zero-order valence-electron chi connectivity index (χ0n) is 27.3. The lowest BCUT2D eigenvalue weighted by molar-refractivity contribution is -0.0917. The molecule has 0 aliphatic carbocycles. The molecule has 3 N–H and O–H groups in total. The topological polar surface area (TPSA) is 160 Å². The van der Waals surface area contributed by atoms with Gasteiger partial charge in [-0.05, 0) is 47.9 Å². The summed E-state index contributed by atoms with van der Waals surface area (Å²) < 4.78 is 42.9. The van der Waals surface area contributed by atoms with Crippen molar-refractivity contribution in [1.29, 1.82) is 0 Å². The molecule has 48 heavy (non-hydrogen) atoms. The van der Waals surface area contributed by atoms with Gasteiger partial charge in [-0.3, -0.25) is 4.57 Å². The Morgan fingerprint density at radius 1 is 1.02 bits per heavy atom. The number of guanidine groups is 1. The molecule has 1 saturated heterocycles. The van der Waals surface area contributed by atoms with Gasteiger partial charge in [-0.25, -0.2) is 4.79 Å². The van der Waals surface area contributed by atoms with Gasteiger partial charge < -0.3 is 29.6 Å². The van der Waals surface area contributed by atoms with Crippen LogP contribution in [-0.2, 0) is 24.2 Å². The summed E-state index contributed by atoms with van der Waals surface area (Å²) in [5.74, 6) is 1.72. The van der Waals surface area contributed by atoms with Gasteiger partial charge in [0.15, 0.2) is 11.8 Å². The maximum absolute atomic E-state index is 13.2. The molecule has 0 radical (unpaired) electrons. The van der Waals surface area contributed by atoms with Crippen LogP contribution in [0.25, 0.3) is 0 Å². The number of hydrogen-bond acceptors (Lipinski definition) is 9. The van der Waals surface area contributed by atoms with Crippen LogP contribution in [-0.4, -0.2) is 72.4 Å². The quantitative estimate of drug-likeness (QED) is 0.0947. The summed E-state index contributed by atoms with van der Waals surface area (Å²) in [6.07, 6.45) is -0.949. The number of nitrogens with zero attached hydrogens (tertiary/aromatic N) is 4. The number of hydrogen-bond donors (Lipinski definition) is 2. The Hall–Kier alpha value is -4.65. The average molecular weight is 677 g/mol. The van der Waals surface area contributed by atoms with Gasteiger partial charge in [-0.15, -0.1) is 9.42 Å². The van der Waals surface area contributed by atoms with Crippen LogP contribution in [0.1, 0.15) is 34.9 Å². The van der Waals surface area contributed by atoms with Gasteiger partial charge in [0.05, 0.1) is 20.8 Å². The SMILES string of the molecule is COc1ccc(C(OC[C@H]2O[C@@H](n3cc(C)c(N=C(N)N(C)C)nc3=O)C[C@@H]2O[P+](=O)O)(c2ccccc2)c2ccc(OC)cc2)cc1. The maximum atomic E-state index is 13.2. The fourth-order valence-corrected chi connectivity index (χ4v) is 6.07. The van der Waals surface area contributed by atoms with Gasteiger partial charge in [0, 0.05) is 36.8 Å². The number of methoxy groups -OCH3 is 2. The molecular formula is C34H39N5O8P+. The molecule has 0 saturated carbocycles. The largest absolute Gasteiger partial charge is 0.695 e. The molecule has 1 fully saturated rings. The molecule has 13 nitrogen and oxygen atoms in total. The monoisotopic (exact) mass is 676 g/mol. The van der Waals surface area contributed by atoms with Gasteiger partial charge in [0.2, 0.25) is 0 Å². The molecule has 0 spiro atoms. The normalized spacial score (nSPS) is 18.4. The van der Waals surface area contributed by atoms with Crippen LogP contribution in [0.2, 0.25) is 0 Å². The zero-order valence-corrected chi connectivity index (χ0v) is 28.2. The smallest absolute Gasteiger partial charge is 0.497 e. The highest BCUT2D eigenvalue weighted by Gasteiger charge is 2.46. The highest BCUT2D eigenvalue weighted by molar-refractivity contribution is 7.32. The summed E-state index contributed by atoms with van der Waals surface area (Å²) in [6.45, 7) is 1.66. The minimum absolute atomic E-state index is 0.0831. The van der Waals surface area contributed by atoms with Crippen LogP contribution in [0.3, 0.4) is 0 Å². The van der Waals surface area contributed by atoms with E-state index in [2.05, 4.69) is 9.98 Å². The van der Waals surface area contributed by atoms with Crippen molar-refractivity contribution in [3.63, 3.8) is 0 Å². The summed E-state index contributed by atoms with van der Waals surface area (Å²) in [6, 6.07) is 24.8. The molecule has 1 aliphatic heterocycles. The first-order valence-electron chi connectivity index (χ1n) is 15.1. The summed E-state index contributed by atoms with van der Waals surface area (Å²) >= 11 is 0. The van der Waals surface area contributed by atoms with E-state index in [-0.39, 0.29) is 24.8 Å². The molecule has 2 heterocycles. The Kier molecular flexibility index (Phi) is 10.9. The highest BCUT2D eigenvalue weighted by Crippen LogP contribution is 2.43. The number of benzene rings is 3. The molecule has 4 atom stereocenters. The Labute approximate surface area is 279 Å². The van der Waals surface area contributed by atoms with Crippen LogP contribution in [0, 0.1) is 6.92 Å². The van der Waals surface area contributed by atoms with Crippen LogP contribution < -0.4 is 20.9 Å². The zero-order chi connectivity index (χ0) is 34.4. The predicted octanol–water partition coefficient (Wildman–Crippen LogP) is 4.41. The number of nitrogens with two attached hydrogens (primary N) is 1. The van der Waals surface area contributed by atoms with Crippen molar-refractivity contribution in [3.8, 4) is 11.5 Å². The number of rotatable bonds is 12. The second-order valence-electron chi connectivity index (χ2n) is 11.4. The number of ether oxygens (including phenoxy) is 4. The second kappa shape index (κ2) is 15.1. The first-order chi connectivity index (χ1) is 23.0. The lowest BCUT2D eigenvalue weighted by atomic mass is 9.80. The average Bonchev–Trinajstić information content (AvgIpc) is 3.48. The fourth-order valence-electron chi connectivity index (χ4n) is 5.62. The molecule has 252 valence electrons. The van der Waals surface area contributed by atoms with E-state index in [1.54, 1.807) is 46.3 Å². The lowest BCUT2D eigenvalue weighted by Crippen LogP contribution is -2.38. The minimum Gasteiger partial charge on any atom is -0.497 e. The van der Waals surface area contributed by atoms with Crippen LogP contribution >= 0.6 is 8.25 Å². The van der Waals surface area contributed by atoms with E-state index in [4.69, 9.17) is 29.2 Å². The van der Waals surface area contributed by atoms with Crippen LogP contribution in [0.15, 0.2) is 94.8 Å². The van der Waals surface area contributed by atoms with Crippen molar-refractivity contribution in [2.75, 3.05) is 34.9 Å². The fraction of sp³-hybridized carbons (Fsp3) is 0.324. The molecule has 3 aromatic carbocycles. The van der Waals surface area contributed by atoms with E-state index in [0.29, 0.717) is 17.1 Å². The third-order valence-electron chi connectivity index (χ3n) is 8.14. The molecule has 1 aliphatic rings. The van der Waals surface area contributed by atoms with Crippen LogP contribution in [0.4, 0.5) is 5.82 Å². The Balaban J connectivity index is 1.54. The molecule has 5 rings (SSSR count). The van der Waals surface area contributed by atoms with Gasteiger partial charge in [-0.2, -0.15) is 9.98 Å². The third-order valence-corrected chi connectivity index (χ3v) is 8.59. The Bertz CT molecular complexity index is 1750. The van der Waals surface area contributed by atoms with Gasteiger partial charge in [0.25, 0.3) is 0 Å². The van der Waals surface area contributed by atoms with E-state index in [0.717, 1.165) is 16.7 Å². The highest BCUT2D eigenvalue weighted by atomic mass is 31.1. The van der Waals surface area contributed by atoms with Gasteiger partial charge in [0.1, 0.15) is 35.5 Å². The molecule has 14 heteroatoms. The summed E-state index contributed by atoms with van der Waals surface area (Å²) in [4.78, 5) is 32.9. The molecule has 1 aromatic heterocycles. The number of aromatic nitrogens is 2. The first-order valence-corrected chi connectivity index (χ1v) is 16.3. The molecule has 0 amide bonds. The van der Waals surface area contributed by atoms with E-state index in [9.17, 15) is 14.3 Å². The van der Waals surface area contributed by atoms with E-state index in [1.165, 1.54) is 4.57 Å². The van der Waals surface area contributed by atoms with E-state index >= 15 is 0 Å². The maximum Gasteiger partial charge on any atom is 0.695 e. The van der Waals surface area contributed by atoms with Crippen LogP contribution in [0.5, 0.6) is 11.5 Å².